The fourth-order valence-corrected chi connectivity index (χ4v) is 8.99. The molecule has 0 aromatic heterocycles. The third kappa shape index (κ3) is 2.75. The first-order valence-electron chi connectivity index (χ1n) is 11.7. The van der Waals surface area contributed by atoms with Gasteiger partial charge in [-0.2, -0.15) is 0 Å². The fraction of sp³-hybridized carbons (Fsp3) is 0.769. The molecule has 5 atom stereocenters. The molecule has 5 saturated carbocycles. The Morgan fingerprint density at radius 1 is 1.00 bits per heavy atom. The molecule has 0 saturated heterocycles. The Morgan fingerprint density at radius 2 is 1.70 bits per heavy atom. The minimum absolute atomic E-state index is 0.0282. The first-order valence-corrected chi connectivity index (χ1v) is 11.7. The molecule has 1 aromatic carbocycles. The van der Waals surface area contributed by atoms with Crippen molar-refractivity contribution in [3.8, 4) is 0 Å². The third-order valence-electron chi connectivity index (χ3n) is 9.62. The lowest BCUT2D eigenvalue weighted by Crippen LogP contribution is -2.63. The summed E-state index contributed by atoms with van der Waals surface area (Å²) in [7, 11) is 0. The van der Waals surface area contributed by atoms with Crippen LogP contribution in [0, 0.1) is 40.4 Å². The summed E-state index contributed by atoms with van der Waals surface area (Å²) in [6, 6.07) is 11.4. The molecule has 5 fully saturated rings. The van der Waals surface area contributed by atoms with Gasteiger partial charge in [0.25, 0.3) is 0 Å². The Bertz CT molecular complexity index is 650. The van der Waals surface area contributed by atoms with Crippen LogP contribution in [0.15, 0.2) is 30.3 Å². The second kappa shape index (κ2) is 6.61. The van der Waals surface area contributed by atoms with Crippen LogP contribution in [0.25, 0.3) is 0 Å². The molecule has 1 heteroatoms. The van der Waals surface area contributed by atoms with Crippen molar-refractivity contribution in [3.05, 3.63) is 35.9 Å². The summed E-state index contributed by atoms with van der Waals surface area (Å²) in [5, 5.41) is 10.7. The maximum Gasteiger partial charge on any atom is 0.0568 e. The molecule has 1 N–H and O–H groups in total. The highest BCUT2D eigenvalue weighted by molar-refractivity contribution is 5.23. The van der Waals surface area contributed by atoms with Crippen LogP contribution >= 0.6 is 0 Å². The first kappa shape index (κ1) is 18.2. The number of aliphatic hydroxyl groups excluding tert-OH is 1. The van der Waals surface area contributed by atoms with Gasteiger partial charge in [0.15, 0.2) is 0 Å². The monoisotopic (exact) mass is 366 g/mol. The molecule has 4 bridgehead atoms. The molecule has 27 heavy (non-hydrogen) atoms. The highest BCUT2D eigenvalue weighted by Gasteiger charge is 2.66. The Kier molecular flexibility index (Phi) is 4.46. The second-order valence-electron chi connectivity index (χ2n) is 11.1. The molecule has 6 rings (SSSR count). The zero-order chi connectivity index (χ0) is 18.6. The van der Waals surface area contributed by atoms with Crippen LogP contribution in [0.3, 0.4) is 0 Å². The first-order chi connectivity index (χ1) is 13.0. The minimum Gasteiger partial charge on any atom is -0.393 e. The number of rotatable bonds is 5. The van der Waals surface area contributed by atoms with Gasteiger partial charge < -0.3 is 5.11 Å². The van der Waals surface area contributed by atoms with Crippen molar-refractivity contribution in [1.82, 2.24) is 0 Å². The van der Waals surface area contributed by atoms with Crippen molar-refractivity contribution in [2.75, 3.05) is 0 Å². The molecule has 5 aliphatic rings. The zero-order valence-electron chi connectivity index (χ0n) is 17.4. The van der Waals surface area contributed by atoms with E-state index in [1.807, 2.05) is 0 Å². The average Bonchev–Trinajstić information content (AvgIpc) is 3.02. The van der Waals surface area contributed by atoms with Crippen LogP contribution < -0.4 is 0 Å². The van der Waals surface area contributed by atoms with Gasteiger partial charge in [-0.25, -0.2) is 0 Å². The predicted molar refractivity (Wildman–Crippen MR) is 111 cm³/mol. The van der Waals surface area contributed by atoms with E-state index in [4.69, 9.17) is 0 Å². The van der Waals surface area contributed by atoms with Gasteiger partial charge >= 0.3 is 0 Å². The van der Waals surface area contributed by atoms with E-state index in [1.54, 1.807) is 5.56 Å². The summed E-state index contributed by atoms with van der Waals surface area (Å²) in [6.45, 7) is 5.05. The van der Waals surface area contributed by atoms with Gasteiger partial charge in [0.05, 0.1) is 6.10 Å². The van der Waals surface area contributed by atoms with Gasteiger partial charge in [0.2, 0.25) is 0 Å². The topological polar surface area (TPSA) is 20.2 Å². The molecular weight excluding hydrogens is 328 g/mol. The lowest BCUT2D eigenvalue weighted by atomic mass is 9.34. The Labute approximate surface area is 166 Å². The molecule has 0 radical (unpaired) electrons. The van der Waals surface area contributed by atoms with Crippen molar-refractivity contribution in [2.45, 2.75) is 84.2 Å². The summed E-state index contributed by atoms with van der Waals surface area (Å²) in [6.07, 6.45) is 13.5. The van der Waals surface area contributed by atoms with Crippen LogP contribution in [0.2, 0.25) is 0 Å². The number of aliphatic hydroxyl groups is 1. The van der Waals surface area contributed by atoms with E-state index in [-0.39, 0.29) is 6.10 Å². The lowest BCUT2D eigenvalue weighted by Gasteiger charge is -2.70. The Morgan fingerprint density at radius 3 is 2.30 bits per heavy atom. The van der Waals surface area contributed by atoms with E-state index in [0.29, 0.717) is 16.7 Å². The molecular formula is C26H38O. The Balaban J connectivity index is 1.57. The van der Waals surface area contributed by atoms with E-state index in [0.717, 1.165) is 30.1 Å². The minimum atomic E-state index is -0.0282. The van der Waals surface area contributed by atoms with Crippen LogP contribution in [-0.4, -0.2) is 11.2 Å². The SMILES string of the molecule is CC(C)C1(Cc2ccccc2)C2CC3CC(C2)CC1(CC1CCCC1O)C3. The van der Waals surface area contributed by atoms with Crippen LogP contribution in [0.4, 0.5) is 0 Å². The van der Waals surface area contributed by atoms with E-state index < -0.39 is 0 Å². The maximum absolute atomic E-state index is 10.7. The molecule has 0 spiro atoms. The van der Waals surface area contributed by atoms with Crippen LogP contribution in [-0.2, 0) is 6.42 Å². The molecule has 1 aromatic rings. The smallest absolute Gasteiger partial charge is 0.0568 e. The molecule has 0 heterocycles. The van der Waals surface area contributed by atoms with Crippen molar-refractivity contribution in [1.29, 1.82) is 0 Å². The Hall–Kier alpha value is -0.820. The third-order valence-corrected chi connectivity index (χ3v) is 9.62. The van der Waals surface area contributed by atoms with Crippen molar-refractivity contribution in [3.63, 3.8) is 0 Å². The van der Waals surface area contributed by atoms with Gasteiger partial charge in [-0.15, -0.1) is 0 Å². The molecule has 0 amide bonds. The standard InChI is InChI=1S/C26H38O/c1-18(2)26(16-19-7-4-3-5-8-19)23-12-20-11-21(13-23)15-25(26,14-20)17-22-9-6-10-24(22)27/h3-5,7-8,18,20-24,27H,6,9-17H2,1-2H3. The number of hydrogen-bond acceptors (Lipinski definition) is 1. The van der Waals surface area contributed by atoms with Gasteiger partial charge in [-0.05, 0) is 104 Å². The summed E-state index contributed by atoms with van der Waals surface area (Å²) in [4.78, 5) is 0. The highest BCUT2D eigenvalue weighted by atomic mass is 16.3. The molecule has 1 nitrogen and oxygen atoms in total. The zero-order valence-corrected chi connectivity index (χ0v) is 17.4. The predicted octanol–water partition coefficient (Wildman–Crippen LogP) is 6.25. The van der Waals surface area contributed by atoms with Gasteiger partial charge in [0, 0.05) is 0 Å². The van der Waals surface area contributed by atoms with Crippen molar-refractivity contribution >= 4 is 0 Å². The summed E-state index contributed by atoms with van der Waals surface area (Å²) >= 11 is 0. The van der Waals surface area contributed by atoms with E-state index in [2.05, 4.69) is 44.2 Å². The molecule has 148 valence electrons. The molecule has 5 unspecified atom stereocenters. The second-order valence-corrected chi connectivity index (χ2v) is 11.1. The number of hydrogen-bond donors (Lipinski definition) is 1. The number of benzene rings is 1. The fourth-order valence-electron chi connectivity index (χ4n) is 8.99. The van der Waals surface area contributed by atoms with Crippen molar-refractivity contribution < 1.29 is 5.11 Å². The van der Waals surface area contributed by atoms with E-state index in [1.165, 1.54) is 57.8 Å². The largest absolute Gasteiger partial charge is 0.393 e. The molecule has 5 aliphatic carbocycles. The van der Waals surface area contributed by atoms with Gasteiger partial charge in [-0.1, -0.05) is 50.6 Å². The van der Waals surface area contributed by atoms with E-state index in [9.17, 15) is 5.11 Å². The summed E-state index contributed by atoms with van der Waals surface area (Å²) < 4.78 is 0. The van der Waals surface area contributed by atoms with Crippen LogP contribution in [0.1, 0.15) is 77.2 Å². The summed E-state index contributed by atoms with van der Waals surface area (Å²) in [5.74, 6) is 4.14. The maximum atomic E-state index is 10.7. The normalized spacial score (nSPS) is 45.7. The van der Waals surface area contributed by atoms with Gasteiger partial charge in [0.1, 0.15) is 0 Å². The van der Waals surface area contributed by atoms with Crippen molar-refractivity contribution in [2.24, 2.45) is 40.4 Å². The quantitative estimate of drug-likeness (QED) is 0.653. The average molecular weight is 367 g/mol. The molecule has 0 aliphatic heterocycles. The highest BCUT2D eigenvalue weighted by Crippen LogP contribution is 2.73. The lowest BCUT2D eigenvalue weighted by molar-refractivity contribution is -0.210. The van der Waals surface area contributed by atoms with Crippen LogP contribution in [0.5, 0.6) is 0 Å². The van der Waals surface area contributed by atoms with Gasteiger partial charge in [-0.3, -0.25) is 0 Å². The van der Waals surface area contributed by atoms with E-state index >= 15 is 0 Å². The summed E-state index contributed by atoms with van der Waals surface area (Å²) in [5.41, 5.74) is 2.45.